The number of amides is 2. The number of halogens is 3. The van der Waals surface area contributed by atoms with Gasteiger partial charge in [0.2, 0.25) is 5.91 Å². The Kier molecular flexibility index (Phi) is 6.38. The van der Waals surface area contributed by atoms with Crippen LogP contribution in [0, 0.1) is 0 Å². The minimum Gasteiger partial charge on any atom is -0.494 e. The lowest BCUT2D eigenvalue weighted by Crippen LogP contribution is -2.31. The van der Waals surface area contributed by atoms with E-state index < -0.39 is 24.8 Å². The van der Waals surface area contributed by atoms with Crippen molar-refractivity contribution in [2.24, 2.45) is 0 Å². The van der Waals surface area contributed by atoms with Crippen molar-refractivity contribution in [2.75, 3.05) is 24.4 Å². The molecular formula is C14H17F3N2O4. The number of hydrogen-bond donors (Lipinski definition) is 2. The van der Waals surface area contributed by atoms with Crippen molar-refractivity contribution in [2.45, 2.75) is 26.1 Å². The van der Waals surface area contributed by atoms with E-state index in [1.807, 2.05) is 0 Å². The monoisotopic (exact) mass is 334 g/mol. The first-order valence-electron chi connectivity index (χ1n) is 6.57. The summed E-state index contributed by atoms with van der Waals surface area (Å²) in [5, 5.41) is 4.95. The molecule has 2 amide bonds. The Labute approximate surface area is 130 Å². The Morgan fingerprint density at radius 1 is 1.26 bits per heavy atom. The molecule has 0 aliphatic rings. The summed E-state index contributed by atoms with van der Waals surface area (Å²) in [6.45, 7) is 1.03. The van der Waals surface area contributed by atoms with E-state index in [2.05, 4.69) is 15.4 Å². The second-order valence-electron chi connectivity index (χ2n) is 4.65. The third kappa shape index (κ3) is 6.55. The summed E-state index contributed by atoms with van der Waals surface area (Å²) in [5.74, 6) is -0.736. The Bertz CT molecular complexity index is 576. The highest BCUT2D eigenvalue weighted by Gasteiger charge is 2.30. The summed E-state index contributed by atoms with van der Waals surface area (Å²) in [6.07, 6.45) is -5.78. The van der Waals surface area contributed by atoms with Crippen LogP contribution in [0.25, 0.3) is 0 Å². The van der Waals surface area contributed by atoms with Crippen LogP contribution in [0.3, 0.4) is 0 Å². The van der Waals surface area contributed by atoms with Crippen molar-refractivity contribution in [3.05, 3.63) is 18.2 Å². The molecule has 0 bridgehead atoms. The van der Waals surface area contributed by atoms with Gasteiger partial charge >= 0.3 is 6.18 Å². The molecule has 0 aliphatic heterocycles. The van der Waals surface area contributed by atoms with Crippen molar-refractivity contribution in [3.63, 3.8) is 0 Å². The molecule has 0 heterocycles. The van der Waals surface area contributed by atoms with Gasteiger partial charge in [-0.05, 0) is 19.1 Å². The number of carbonyl (C=O) groups is 2. The van der Waals surface area contributed by atoms with Crippen LogP contribution >= 0.6 is 0 Å². The van der Waals surface area contributed by atoms with E-state index in [-0.39, 0.29) is 5.91 Å². The first-order chi connectivity index (χ1) is 10.6. The van der Waals surface area contributed by atoms with E-state index >= 15 is 0 Å². The Balaban J connectivity index is 2.72. The predicted molar refractivity (Wildman–Crippen MR) is 77.4 cm³/mol. The molecule has 0 spiro atoms. The highest BCUT2D eigenvalue weighted by molar-refractivity contribution is 5.95. The minimum absolute atomic E-state index is 0.293. The predicted octanol–water partition coefficient (Wildman–Crippen LogP) is 2.56. The zero-order valence-corrected chi connectivity index (χ0v) is 12.8. The SMILES string of the molecule is COc1cc(NC(=O)[C@@H](C)OCC(F)(F)F)ccc1NC(C)=O. The summed E-state index contributed by atoms with van der Waals surface area (Å²) in [4.78, 5) is 22.8. The number of methoxy groups -OCH3 is 1. The molecule has 128 valence electrons. The summed E-state index contributed by atoms with van der Waals surface area (Å²) >= 11 is 0. The maximum atomic E-state index is 12.0. The fourth-order valence-electron chi connectivity index (χ4n) is 1.60. The van der Waals surface area contributed by atoms with Crippen molar-refractivity contribution in [1.82, 2.24) is 0 Å². The van der Waals surface area contributed by atoms with Crippen LogP contribution in [0.2, 0.25) is 0 Å². The molecule has 1 aromatic rings. The molecule has 1 rings (SSSR count). The number of nitrogens with one attached hydrogen (secondary N) is 2. The molecule has 9 heteroatoms. The van der Waals surface area contributed by atoms with Gasteiger partial charge in [0.1, 0.15) is 18.5 Å². The number of hydrogen-bond acceptors (Lipinski definition) is 4. The molecule has 0 saturated heterocycles. The van der Waals surface area contributed by atoms with Gasteiger partial charge in [-0.25, -0.2) is 0 Å². The fourth-order valence-corrected chi connectivity index (χ4v) is 1.60. The second-order valence-corrected chi connectivity index (χ2v) is 4.65. The zero-order valence-electron chi connectivity index (χ0n) is 12.8. The largest absolute Gasteiger partial charge is 0.494 e. The first-order valence-corrected chi connectivity index (χ1v) is 6.57. The molecule has 2 N–H and O–H groups in total. The Hall–Kier alpha value is -2.29. The standard InChI is InChI=1S/C14H17F3N2O4/c1-8(23-7-14(15,16)17)13(21)19-10-4-5-11(18-9(2)20)12(6-10)22-3/h4-6,8H,7H2,1-3H3,(H,18,20)(H,19,21)/t8-/m1/s1. The smallest absolute Gasteiger partial charge is 0.411 e. The molecule has 23 heavy (non-hydrogen) atoms. The minimum atomic E-state index is -4.50. The lowest BCUT2D eigenvalue weighted by atomic mass is 10.2. The maximum Gasteiger partial charge on any atom is 0.411 e. The van der Waals surface area contributed by atoms with Crippen molar-refractivity contribution < 1.29 is 32.2 Å². The average Bonchev–Trinajstić information content (AvgIpc) is 2.44. The quantitative estimate of drug-likeness (QED) is 0.838. The van der Waals surface area contributed by atoms with E-state index in [0.29, 0.717) is 17.1 Å². The van der Waals surface area contributed by atoms with Crippen molar-refractivity contribution in [1.29, 1.82) is 0 Å². The van der Waals surface area contributed by atoms with Crippen LogP contribution in [0.4, 0.5) is 24.5 Å². The topological polar surface area (TPSA) is 76.7 Å². The number of anilines is 2. The van der Waals surface area contributed by atoms with E-state index in [9.17, 15) is 22.8 Å². The van der Waals surface area contributed by atoms with Crippen molar-refractivity contribution >= 4 is 23.2 Å². The Morgan fingerprint density at radius 3 is 2.43 bits per heavy atom. The molecule has 0 unspecified atom stereocenters. The first kappa shape index (κ1) is 18.8. The van der Waals surface area contributed by atoms with Gasteiger partial charge in [0, 0.05) is 18.7 Å². The molecule has 0 aromatic heterocycles. The Morgan fingerprint density at radius 2 is 1.91 bits per heavy atom. The number of rotatable bonds is 6. The molecule has 0 aliphatic carbocycles. The van der Waals surface area contributed by atoms with Crippen LogP contribution in [-0.2, 0) is 14.3 Å². The van der Waals surface area contributed by atoms with Crippen LogP contribution in [-0.4, -0.2) is 37.8 Å². The van der Waals surface area contributed by atoms with E-state index in [4.69, 9.17) is 4.74 Å². The summed E-state index contributed by atoms with van der Waals surface area (Å²) in [5.41, 5.74) is 0.697. The van der Waals surface area contributed by atoms with Gasteiger partial charge in [0.15, 0.2) is 0 Å². The highest BCUT2D eigenvalue weighted by atomic mass is 19.4. The summed E-state index contributed by atoms with van der Waals surface area (Å²) in [6, 6.07) is 4.40. The lowest BCUT2D eigenvalue weighted by molar-refractivity contribution is -0.184. The highest BCUT2D eigenvalue weighted by Crippen LogP contribution is 2.28. The number of carbonyl (C=O) groups excluding carboxylic acids is 2. The summed E-state index contributed by atoms with van der Waals surface area (Å²) < 4.78 is 45.7. The molecule has 0 fully saturated rings. The van der Waals surface area contributed by atoms with Gasteiger partial charge < -0.3 is 20.1 Å². The average molecular weight is 334 g/mol. The van der Waals surface area contributed by atoms with Gasteiger partial charge in [0.25, 0.3) is 5.91 Å². The lowest BCUT2D eigenvalue weighted by Gasteiger charge is -2.16. The van der Waals surface area contributed by atoms with E-state index in [1.54, 1.807) is 0 Å². The van der Waals surface area contributed by atoms with Crippen LogP contribution in [0.1, 0.15) is 13.8 Å². The third-order valence-electron chi connectivity index (χ3n) is 2.65. The van der Waals surface area contributed by atoms with E-state index in [1.165, 1.54) is 39.2 Å². The van der Waals surface area contributed by atoms with Crippen LogP contribution in [0.5, 0.6) is 5.75 Å². The molecule has 0 radical (unpaired) electrons. The number of benzene rings is 1. The zero-order chi connectivity index (χ0) is 17.6. The molecule has 1 aromatic carbocycles. The van der Waals surface area contributed by atoms with Crippen LogP contribution in [0.15, 0.2) is 18.2 Å². The van der Waals surface area contributed by atoms with Gasteiger partial charge in [0.05, 0.1) is 12.8 Å². The fraction of sp³-hybridized carbons (Fsp3) is 0.429. The van der Waals surface area contributed by atoms with E-state index in [0.717, 1.165) is 0 Å². The molecule has 0 saturated carbocycles. The van der Waals surface area contributed by atoms with Gasteiger partial charge in [-0.15, -0.1) is 0 Å². The second kappa shape index (κ2) is 7.82. The molecule has 1 atom stereocenters. The molecule has 6 nitrogen and oxygen atoms in total. The number of ether oxygens (including phenoxy) is 2. The van der Waals surface area contributed by atoms with Crippen molar-refractivity contribution in [3.8, 4) is 5.75 Å². The van der Waals surface area contributed by atoms with Gasteiger partial charge in [-0.3, -0.25) is 9.59 Å². The normalized spacial score (nSPS) is 12.4. The number of alkyl halides is 3. The van der Waals surface area contributed by atoms with Gasteiger partial charge in [-0.1, -0.05) is 0 Å². The maximum absolute atomic E-state index is 12.0. The third-order valence-corrected chi connectivity index (χ3v) is 2.65. The van der Waals surface area contributed by atoms with Crippen LogP contribution < -0.4 is 15.4 Å². The summed E-state index contributed by atoms with van der Waals surface area (Å²) in [7, 11) is 1.38. The van der Waals surface area contributed by atoms with Gasteiger partial charge in [-0.2, -0.15) is 13.2 Å². The molecular weight excluding hydrogens is 317 g/mol.